The third-order valence-electron chi connectivity index (χ3n) is 3.05. The van der Waals surface area contributed by atoms with Crippen molar-refractivity contribution in [1.82, 2.24) is 0 Å². The lowest BCUT2D eigenvalue weighted by Gasteiger charge is -2.17. The van der Waals surface area contributed by atoms with Crippen LogP contribution in [-0.4, -0.2) is 18.5 Å². The molecule has 0 aromatic heterocycles. The fraction of sp³-hybridized carbons (Fsp3) is 0.417. The first-order valence-electron chi connectivity index (χ1n) is 5.24. The number of carbonyl (C=O) groups is 1. The highest BCUT2D eigenvalue weighted by molar-refractivity contribution is 5.99. The van der Waals surface area contributed by atoms with Gasteiger partial charge in [-0.3, -0.25) is 4.79 Å². The lowest BCUT2D eigenvalue weighted by Crippen LogP contribution is -2.33. The lowest BCUT2D eigenvalue weighted by atomic mass is 10.1. The van der Waals surface area contributed by atoms with E-state index < -0.39 is 0 Å². The van der Waals surface area contributed by atoms with Crippen molar-refractivity contribution in [2.75, 3.05) is 11.4 Å². The number of benzene rings is 1. The summed E-state index contributed by atoms with van der Waals surface area (Å²) in [6.45, 7) is 4.86. The average Bonchev–Trinajstić information content (AvgIpc) is 2.53. The molecule has 80 valence electrons. The minimum Gasteiger partial charge on any atom is -0.320 e. The van der Waals surface area contributed by atoms with Crippen molar-refractivity contribution >= 4 is 11.6 Å². The standard InChI is InChI=1S/C12H16N2O/c1-8-3-4-10(7-9(8)2)14-6-5-11(13)12(14)15/h3-4,7,11H,5-6,13H2,1-2H3/t11-/m1/s1. The molecule has 0 unspecified atom stereocenters. The highest BCUT2D eigenvalue weighted by Gasteiger charge is 2.29. The first-order valence-corrected chi connectivity index (χ1v) is 5.24. The number of rotatable bonds is 1. The number of nitrogens with zero attached hydrogens (tertiary/aromatic N) is 1. The van der Waals surface area contributed by atoms with E-state index in [9.17, 15) is 4.79 Å². The van der Waals surface area contributed by atoms with E-state index in [1.54, 1.807) is 4.90 Å². The largest absolute Gasteiger partial charge is 0.320 e. The number of aryl methyl sites for hydroxylation is 2. The van der Waals surface area contributed by atoms with Crippen molar-refractivity contribution < 1.29 is 4.79 Å². The van der Waals surface area contributed by atoms with Gasteiger partial charge in [0.1, 0.15) is 0 Å². The number of nitrogens with two attached hydrogens (primary N) is 1. The predicted molar refractivity (Wildman–Crippen MR) is 60.9 cm³/mol. The third kappa shape index (κ3) is 1.75. The molecular weight excluding hydrogens is 188 g/mol. The van der Waals surface area contributed by atoms with Gasteiger partial charge in [-0.1, -0.05) is 6.07 Å². The fourth-order valence-electron chi connectivity index (χ4n) is 1.85. The third-order valence-corrected chi connectivity index (χ3v) is 3.05. The zero-order valence-electron chi connectivity index (χ0n) is 9.16. The van der Waals surface area contributed by atoms with Crippen LogP contribution in [0.1, 0.15) is 17.5 Å². The normalized spacial score (nSPS) is 21.1. The Hall–Kier alpha value is -1.35. The van der Waals surface area contributed by atoms with Crippen LogP contribution >= 0.6 is 0 Å². The molecule has 1 aliphatic rings. The monoisotopic (exact) mass is 204 g/mol. The van der Waals surface area contributed by atoms with Gasteiger partial charge < -0.3 is 10.6 Å². The van der Waals surface area contributed by atoms with Gasteiger partial charge >= 0.3 is 0 Å². The van der Waals surface area contributed by atoms with Gasteiger partial charge in [0.25, 0.3) is 0 Å². The van der Waals surface area contributed by atoms with Gasteiger partial charge in [0.15, 0.2) is 0 Å². The number of hydrogen-bond acceptors (Lipinski definition) is 2. The van der Waals surface area contributed by atoms with Crippen LogP contribution in [0, 0.1) is 13.8 Å². The molecule has 2 rings (SSSR count). The van der Waals surface area contributed by atoms with Crippen molar-refractivity contribution in [3.63, 3.8) is 0 Å². The molecule has 15 heavy (non-hydrogen) atoms. The number of anilines is 1. The molecule has 1 amide bonds. The lowest BCUT2D eigenvalue weighted by molar-refractivity contribution is -0.118. The van der Waals surface area contributed by atoms with Gasteiger partial charge in [-0.25, -0.2) is 0 Å². The Labute approximate surface area is 89.9 Å². The van der Waals surface area contributed by atoms with Crippen LogP contribution in [0.5, 0.6) is 0 Å². The zero-order valence-corrected chi connectivity index (χ0v) is 9.16. The van der Waals surface area contributed by atoms with Crippen LogP contribution in [0.15, 0.2) is 18.2 Å². The topological polar surface area (TPSA) is 46.3 Å². The molecule has 0 radical (unpaired) electrons. The maximum Gasteiger partial charge on any atom is 0.243 e. The van der Waals surface area contributed by atoms with Gasteiger partial charge in [0.2, 0.25) is 5.91 Å². The molecule has 1 saturated heterocycles. The molecule has 2 N–H and O–H groups in total. The highest BCUT2D eigenvalue weighted by atomic mass is 16.2. The summed E-state index contributed by atoms with van der Waals surface area (Å²) in [6, 6.07) is 5.76. The molecule has 0 saturated carbocycles. The quantitative estimate of drug-likeness (QED) is 0.751. The van der Waals surface area contributed by atoms with E-state index in [0.29, 0.717) is 0 Å². The molecular formula is C12H16N2O. The Balaban J connectivity index is 2.31. The Morgan fingerprint density at radius 1 is 1.33 bits per heavy atom. The second-order valence-electron chi connectivity index (χ2n) is 4.15. The Morgan fingerprint density at radius 2 is 2.07 bits per heavy atom. The van der Waals surface area contributed by atoms with E-state index in [0.717, 1.165) is 18.7 Å². The maximum absolute atomic E-state index is 11.7. The minimum absolute atomic E-state index is 0.0400. The van der Waals surface area contributed by atoms with Crippen molar-refractivity contribution in [3.05, 3.63) is 29.3 Å². The van der Waals surface area contributed by atoms with Crippen LogP contribution in [0.4, 0.5) is 5.69 Å². The van der Waals surface area contributed by atoms with Crippen LogP contribution in [0.25, 0.3) is 0 Å². The minimum atomic E-state index is -0.313. The van der Waals surface area contributed by atoms with E-state index in [4.69, 9.17) is 5.73 Å². The second-order valence-corrected chi connectivity index (χ2v) is 4.15. The maximum atomic E-state index is 11.7. The van der Waals surface area contributed by atoms with Crippen LogP contribution in [0.2, 0.25) is 0 Å². The second kappa shape index (κ2) is 3.66. The number of carbonyl (C=O) groups excluding carboxylic acids is 1. The molecule has 1 atom stereocenters. The predicted octanol–water partition coefficient (Wildman–Crippen LogP) is 1.37. The molecule has 0 aliphatic carbocycles. The van der Waals surface area contributed by atoms with Crippen molar-refractivity contribution in [2.45, 2.75) is 26.3 Å². The van der Waals surface area contributed by atoms with E-state index in [2.05, 4.69) is 13.8 Å². The van der Waals surface area contributed by atoms with E-state index in [1.807, 2.05) is 18.2 Å². The van der Waals surface area contributed by atoms with Crippen molar-refractivity contribution in [1.29, 1.82) is 0 Å². The molecule has 3 heteroatoms. The highest BCUT2D eigenvalue weighted by Crippen LogP contribution is 2.23. The van der Waals surface area contributed by atoms with Gasteiger partial charge in [-0.05, 0) is 43.5 Å². The zero-order chi connectivity index (χ0) is 11.0. The number of hydrogen-bond donors (Lipinski definition) is 1. The summed E-state index contributed by atoms with van der Waals surface area (Å²) in [6.07, 6.45) is 0.756. The summed E-state index contributed by atoms with van der Waals surface area (Å²) in [5.41, 5.74) is 9.11. The number of amides is 1. The summed E-state index contributed by atoms with van der Waals surface area (Å²) in [4.78, 5) is 13.5. The molecule has 0 spiro atoms. The molecule has 1 aromatic rings. The van der Waals surface area contributed by atoms with Gasteiger partial charge in [0, 0.05) is 12.2 Å². The van der Waals surface area contributed by atoms with Crippen LogP contribution in [-0.2, 0) is 4.79 Å². The van der Waals surface area contributed by atoms with Gasteiger partial charge in [-0.2, -0.15) is 0 Å². The summed E-state index contributed by atoms with van der Waals surface area (Å²) in [5, 5.41) is 0. The van der Waals surface area contributed by atoms with E-state index in [-0.39, 0.29) is 11.9 Å². The molecule has 1 fully saturated rings. The fourth-order valence-corrected chi connectivity index (χ4v) is 1.85. The van der Waals surface area contributed by atoms with Crippen LogP contribution in [0.3, 0.4) is 0 Å². The van der Waals surface area contributed by atoms with Gasteiger partial charge in [-0.15, -0.1) is 0 Å². The van der Waals surface area contributed by atoms with E-state index >= 15 is 0 Å². The SMILES string of the molecule is Cc1ccc(N2CC[C@@H](N)C2=O)cc1C. The molecule has 0 bridgehead atoms. The summed E-state index contributed by atoms with van der Waals surface area (Å²) >= 11 is 0. The van der Waals surface area contributed by atoms with Crippen molar-refractivity contribution in [3.8, 4) is 0 Å². The Kier molecular flexibility index (Phi) is 2.49. The summed E-state index contributed by atoms with van der Waals surface area (Å²) in [7, 11) is 0. The first-order chi connectivity index (χ1) is 7.09. The summed E-state index contributed by atoms with van der Waals surface area (Å²) in [5.74, 6) is 0.0400. The Bertz CT molecular complexity index is 401. The molecule has 1 aromatic carbocycles. The van der Waals surface area contributed by atoms with Gasteiger partial charge in [0.05, 0.1) is 6.04 Å². The van der Waals surface area contributed by atoms with Crippen molar-refractivity contribution in [2.24, 2.45) is 5.73 Å². The molecule has 1 aliphatic heterocycles. The average molecular weight is 204 g/mol. The molecule has 1 heterocycles. The summed E-state index contributed by atoms with van der Waals surface area (Å²) < 4.78 is 0. The Morgan fingerprint density at radius 3 is 2.60 bits per heavy atom. The first kappa shape index (κ1) is 10.2. The molecule has 3 nitrogen and oxygen atoms in total. The van der Waals surface area contributed by atoms with Crippen LogP contribution < -0.4 is 10.6 Å². The van der Waals surface area contributed by atoms with E-state index in [1.165, 1.54) is 11.1 Å². The smallest absolute Gasteiger partial charge is 0.243 e.